The summed E-state index contributed by atoms with van der Waals surface area (Å²) in [6.07, 6.45) is 0. The van der Waals surface area contributed by atoms with Crippen molar-refractivity contribution in [1.29, 1.82) is 0 Å². The van der Waals surface area contributed by atoms with Crippen LogP contribution in [0.25, 0.3) is 0 Å². The molecule has 11 aromatic rings. The van der Waals surface area contributed by atoms with E-state index in [4.69, 9.17) is 0 Å². The molecule has 474 valence electrons. The average molecular weight is 1270 g/mol. The molecule has 0 amide bonds. The van der Waals surface area contributed by atoms with Crippen LogP contribution in [0.4, 0.5) is 0 Å². The molecule has 22 nitrogen and oxygen atoms in total. The molecule has 22 heteroatoms. The summed E-state index contributed by atoms with van der Waals surface area (Å²) >= 11 is 0. The van der Waals surface area contributed by atoms with Crippen molar-refractivity contribution < 1.29 is 112 Å². The first-order valence-corrected chi connectivity index (χ1v) is 28.7. The van der Waals surface area contributed by atoms with Crippen LogP contribution < -0.4 is 0 Å². The zero-order chi connectivity index (χ0) is 66.9. The fourth-order valence-corrected chi connectivity index (χ4v) is 13.6. The van der Waals surface area contributed by atoms with Crippen LogP contribution >= 0.6 is 0 Å². The molecule has 0 aromatic heterocycles. The minimum Gasteiger partial charge on any atom is -0.508 e. The van der Waals surface area contributed by atoms with Crippen molar-refractivity contribution in [3.8, 4) is 126 Å². The van der Waals surface area contributed by atoms with Gasteiger partial charge in [-0.05, 0) is 66.7 Å². The third-order valence-corrected chi connectivity index (χ3v) is 17.9. The Balaban J connectivity index is 1.28. The number of fused-ring (bicyclic) bond motifs is 16. The molecule has 13 rings (SSSR count). The zero-order valence-electron chi connectivity index (χ0n) is 48.3. The first-order valence-electron chi connectivity index (χ1n) is 28.7. The molecular weight excluding hydrogens is 1220 g/mol. The van der Waals surface area contributed by atoms with Gasteiger partial charge >= 0.3 is 0 Å². The highest BCUT2D eigenvalue weighted by atomic mass is 16.3. The molecule has 22 N–H and O–H groups in total. The summed E-state index contributed by atoms with van der Waals surface area (Å²) in [6, 6.07) is 26.8. The molecule has 2 aliphatic carbocycles. The van der Waals surface area contributed by atoms with E-state index >= 15 is 0 Å². The van der Waals surface area contributed by atoms with E-state index in [0.717, 1.165) is 133 Å². The molecular formula is C72H54O22. The fraction of sp³-hybridized carbons (Fsp3) is 0.0833. The normalized spacial score (nSPS) is 17.2. The van der Waals surface area contributed by atoms with E-state index in [1.165, 1.54) is 24.3 Å². The summed E-state index contributed by atoms with van der Waals surface area (Å²) in [5, 5.41) is 264. The van der Waals surface area contributed by atoms with E-state index in [1.807, 2.05) is 0 Å². The molecule has 4 atom stereocenters. The van der Waals surface area contributed by atoms with Gasteiger partial charge in [-0.3, -0.25) is 0 Å². The number of hydrogen-bond acceptors (Lipinski definition) is 22. The predicted octanol–water partition coefficient (Wildman–Crippen LogP) is 10.9. The second-order valence-electron chi connectivity index (χ2n) is 23.4. The monoisotopic (exact) mass is 1270 g/mol. The van der Waals surface area contributed by atoms with Crippen molar-refractivity contribution >= 4 is 0 Å². The van der Waals surface area contributed by atoms with E-state index in [2.05, 4.69) is 0 Å². The van der Waals surface area contributed by atoms with E-state index in [-0.39, 0.29) is 66.8 Å². The van der Waals surface area contributed by atoms with Crippen LogP contribution in [-0.4, -0.2) is 112 Å². The van der Waals surface area contributed by atoms with Gasteiger partial charge in [-0.2, -0.15) is 0 Å². The largest absolute Gasteiger partial charge is 0.508 e. The second-order valence-corrected chi connectivity index (χ2v) is 23.4. The summed E-state index contributed by atoms with van der Waals surface area (Å²) < 4.78 is 0. The van der Waals surface area contributed by atoms with Crippen molar-refractivity contribution in [3.05, 3.63) is 258 Å². The maximum atomic E-state index is 12.6. The molecule has 0 aliphatic heterocycles. The van der Waals surface area contributed by atoms with Crippen molar-refractivity contribution in [2.24, 2.45) is 0 Å². The van der Waals surface area contributed by atoms with Crippen LogP contribution in [0.3, 0.4) is 0 Å². The van der Waals surface area contributed by atoms with Gasteiger partial charge in [0.2, 0.25) is 0 Å². The Morgan fingerprint density at radius 1 is 0.117 bits per heavy atom. The maximum absolute atomic E-state index is 12.6. The van der Waals surface area contributed by atoms with E-state index in [9.17, 15) is 112 Å². The maximum Gasteiger partial charge on any atom is 0.123 e. The summed E-state index contributed by atoms with van der Waals surface area (Å²) in [7, 11) is 0. The Kier molecular flexibility index (Phi) is 14.0. The van der Waals surface area contributed by atoms with Crippen molar-refractivity contribution in [2.45, 2.75) is 35.5 Å². The third kappa shape index (κ3) is 9.67. The SMILES string of the molecule is Oc1ccc(C2c3cc(c(O)cc3O)C(c3ccc(O)cc3O)c3cc(c(O)cc3O)C3c4cc(c(O)cc4O)C(c4ccc(O)cc4O)c4cc(c(O)cc4O)C(c4ccc(O)cc4O)c4cc(c(O)cc4O)C(c4cc2c(O)cc4O)c2cc3c(O)cc2O)c(O)c1. The Morgan fingerprint density at radius 3 is 0.340 bits per heavy atom. The molecule has 0 spiro atoms. The van der Waals surface area contributed by atoms with Gasteiger partial charge in [0, 0.05) is 202 Å². The predicted molar refractivity (Wildman–Crippen MR) is 333 cm³/mol. The number of phenolic OH excluding ortho intramolecular Hbond substituents is 22. The number of rotatable bonds is 4. The third-order valence-electron chi connectivity index (χ3n) is 17.9. The molecule has 4 unspecified atom stereocenters. The lowest BCUT2D eigenvalue weighted by Crippen LogP contribution is -2.14. The Hall–Kier alpha value is -13.0. The topological polar surface area (TPSA) is 445 Å². The number of phenols is 22. The molecule has 2 aliphatic rings. The Bertz CT molecular complexity index is 4440. The highest BCUT2D eigenvalue weighted by Gasteiger charge is 2.40. The quantitative estimate of drug-likeness (QED) is 0.0778. The fourth-order valence-electron chi connectivity index (χ4n) is 13.6. The molecule has 94 heavy (non-hydrogen) atoms. The van der Waals surface area contributed by atoms with Crippen LogP contribution in [0.2, 0.25) is 0 Å². The summed E-state index contributed by atoms with van der Waals surface area (Å²) in [5.74, 6) is -26.6. The zero-order valence-corrected chi connectivity index (χ0v) is 48.3. The van der Waals surface area contributed by atoms with Gasteiger partial charge in [0.25, 0.3) is 0 Å². The van der Waals surface area contributed by atoms with Gasteiger partial charge in [0.05, 0.1) is 0 Å². The van der Waals surface area contributed by atoms with Crippen LogP contribution in [0.1, 0.15) is 136 Å². The molecule has 0 radical (unpaired) electrons. The lowest BCUT2D eigenvalue weighted by molar-refractivity contribution is 0.426. The van der Waals surface area contributed by atoms with E-state index in [1.54, 1.807) is 0 Å². The van der Waals surface area contributed by atoms with Gasteiger partial charge in [-0.15, -0.1) is 0 Å². The van der Waals surface area contributed by atoms with Crippen LogP contribution in [0.5, 0.6) is 126 Å². The smallest absolute Gasteiger partial charge is 0.123 e. The molecule has 0 saturated heterocycles. The minimum atomic E-state index is -1.92. The lowest BCUT2D eigenvalue weighted by Gasteiger charge is -2.31. The minimum absolute atomic E-state index is 0.206. The van der Waals surface area contributed by atoms with E-state index < -0.39 is 195 Å². The van der Waals surface area contributed by atoms with Crippen molar-refractivity contribution in [2.75, 3.05) is 0 Å². The van der Waals surface area contributed by atoms with Gasteiger partial charge in [0.1, 0.15) is 126 Å². The van der Waals surface area contributed by atoms with Crippen molar-refractivity contribution in [1.82, 2.24) is 0 Å². The van der Waals surface area contributed by atoms with Crippen molar-refractivity contribution in [3.63, 3.8) is 0 Å². The van der Waals surface area contributed by atoms with Crippen LogP contribution in [0.15, 0.2) is 158 Å². The number of hydrogen-bond donors (Lipinski definition) is 22. The molecule has 0 saturated carbocycles. The number of benzene rings is 11. The first kappa shape index (κ1) is 60.0. The summed E-state index contributed by atoms with van der Waals surface area (Å²) in [6.45, 7) is 0. The van der Waals surface area contributed by atoms with Gasteiger partial charge in [0.15, 0.2) is 0 Å². The Morgan fingerprint density at radius 2 is 0.223 bits per heavy atom. The molecule has 0 heterocycles. The van der Waals surface area contributed by atoms with E-state index in [0.29, 0.717) is 0 Å². The first-order chi connectivity index (χ1) is 44.7. The molecule has 16 bridgehead atoms. The molecule has 11 aromatic carbocycles. The summed E-state index contributed by atoms with van der Waals surface area (Å²) in [4.78, 5) is 0. The van der Waals surface area contributed by atoms with Gasteiger partial charge in [-0.1, -0.05) is 24.3 Å². The number of aromatic hydroxyl groups is 22. The highest BCUT2D eigenvalue weighted by molar-refractivity contribution is 5.73. The lowest BCUT2D eigenvalue weighted by atomic mass is 9.73. The van der Waals surface area contributed by atoms with Crippen LogP contribution in [-0.2, 0) is 0 Å². The highest BCUT2D eigenvalue weighted by Crippen LogP contribution is 2.59. The molecule has 0 fully saturated rings. The summed E-state index contributed by atoms with van der Waals surface area (Å²) in [5.41, 5.74) is -5.99. The van der Waals surface area contributed by atoms with Gasteiger partial charge < -0.3 is 112 Å². The second kappa shape index (κ2) is 21.9. The Labute approximate surface area is 530 Å². The van der Waals surface area contributed by atoms with Crippen LogP contribution in [0, 0.1) is 0 Å². The van der Waals surface area contributed by atoms with Gasteiger partial charge in [-0.25, -0.2) is 0 Å². The average Bonchev–Trinajstić information content (AvgIpc) is 0.736. The standard InChI is InChI=1S/C72H54O22/c73-27-1-5-31(49(77)9-27)67-35-13-36(54(82)20-53(35)81)68(32-6-2-28(74)10-50(32)78)40-16-45(63(91)23-58(40)86)72-46-18-42(60(88)25-64(46)92)70(34-8-4-30(76)12-52(34)80)38-14-37(55(83)21-56(38)84)69(33-7-3-29(75)11-51(33)79)41-17-44(62(90)24-59(41)87)71(43-15-39(67)57(85)22-61(43)89)47-19-48(72)66(94)26-65(47)93/h1-26,67-94H.